The fourth-order valence-electron chi connectivity index (χ4n) is 12.8. The monoisotopic (exact) mass is 954 g/mol. The number of para-hydroxylation sites is 1. The lowest BCUT2D eigenvalue weighted by Gasteiger charge is -2.46. The Morgan fingerprint density at radius 3 is 1.59 bits per heavy atom. The van der Waals surface area contributed by atoms with E-state index in [1.807, 2.05) is 0 Å². The number of nitrogens with zero attached hydrogens (tertiary/aromatic N) is 3. The molecule has 2 aliphatic heterocycles. The number of rotatable bonds is 3. The van der Waals surface area contributed by atoms with Crippen LogP contribution in [0.15, 0.2) is 146 Å². The highest BCUT2D eigenvalue weighted by Crippen LogP contribution is 2.53. The van der Waals surface area contributed by atoms with Crippen molar-refractivity contribution in [2.75, 3.05) is 9.80 Å². The van der Waals surface area contributed by atoms with Crippen molar-refractivity contribution in [3.63, 3.8) is 0 Å². The van der Waals surface area contributed by atoms with Crippen LogP contribution in [0.5, 0.6) is 0 Å². The molecule has 9 aromatic rings. The second-order valence-corrected chi connectivity index (χ2v) is 26.5. The minimum Gasteiger partial charge on any atom is -0.311 e. The van der Waals surface area contributed by atoms with Crippen LogP contribution in [0.1, 0.15) is 141 Å². The van der Waals surface area contributed by atoms with Gasteiger partial charge in [0.15, 0.2) is 0 Å². The smallest absolute Gasteiger partial charge is 0.252 e. The number of aromatic nitrogens is 1. The van der Waals surface area contributed by atoms with Gasteiger partial charge in [-0.1, -0.05) is 182 Å². The molecule has 1 aromatic heterocycles. The number of aryl methyl sites for hydroxylation is 2. The van der Waals surface area contributed by atoms with E-state index in [0.717, 1.165) is 0 Å². The van der Waals surface area contributed by atoms with Crippen LogP contribution in [0.4, 0.5) is 34.1 Å². The molecule has 1 aliphatic carbocycles. The molecule has 73 heavy (non-hydrogen) atoms. The molecular weight excluding hydrogens is 882 g/mol. The Morgan fingerprint density at radius 1 is 0.397 bits per heavy atom. The summed E-state index contributed by atoms with van der Waals surface area (Å²) in [4.78, 5) is 5.36. The van der Waals surface area contributed by atoms with Crippen molar-refractivity contribution in [2.24, 2.45) is 0 Å². The molecule has 0 unspecified atom stereocenters. The van der Waals surface area contributed by atoms with Gasteiger partial charge in [-0.05, 0) is 168 Å². The quantitative estimate of drug-likeness (QED) is 0.164. The number of benzene rings is 8. The Morgan fingerprint density at radius 2 is 0.932 bits per heavy atom. The Labute approximate surface area is 436 Å². The standard InChI is InChI=1S/C69H72BN3/c1-41-32-45(67(9,10)11)33-42(2)64(41)73-59-35-44(66(6,7)8)26-30-55(59)70-56-39-52-51-34-43(65(3,4)5)27-31-57(51)71(47-22-18-17-19-23-47)58(52)40-60(56)72(61-36-46(68(12,13)14)37-62(73)63(61)70)48-28-29-50-49-24-20-21-25-53(49)69(15,16)54(50)38-48/h17-40H,1-16H3. The van der Waals surface area contributed by atoms with Crippen LogP contribution in [-0.4, -0.2) is 11.3 Å². The third-order valence-corrected chi connectivity index (χ3v) is 17.0. The third kappa shape index (κ3) is 7.13. The first-order valence-electron chi connectivity index (χ1n) is 26.8. The van der Waals surface area contributed by atoms with E-state index in [4.69, 9.17) is 0 Å². The summed E-state index contributed by atoms with van der Waals surface area (Å²) in [5, 5.41) is 2.57. The molecule has 0 N–H and O–H groups in total. The molecule has 12 rings (SSSR count). The Hall–Kier alpha value is -6.78. The summed E-state index contributed by atoms with van der Waals surface area (Å²) in [5.74, 6) is 0. The summed E-state index contributed by atoms with van der Waals surface area (Å²) in [6, 6.07) is 57.3. The first kappa shape index (κ1) is 47.2. The van der Waals surface area contributed by atoms with Crippen LogP contribution in [-0.2, 0) is 27.1 Å². The molecule has 0 fully saturated rings. The van der Waals surface area contributed by atoms with Crippen LogP contribution < -0.4 is 26.2 Å². The van der Waals surface area contributed by atoms with Gasteiger partial charge in [-0.2, -0.15) is 0 Å². The average Bonchev–Trinajstić information content (AvgIpc) is 3.76. The van der Waals surface area contributed by atoms with Crippen molar-refractivity contribution in [1.82, 2.24) is 4.57 Å². The molecule has 0 radical (unpaired) electrons. The van der Waals surface area contributed by atoms with Gasteiger partial charge in [-0.25, -0.2) is 0 Å². The van der Waals surface area contributed by atoms with Gasteiger partial charge in [0, 0.05) is 50.3 Å². The van der Waals surface area contributed by atoms with E-state index in [1.54, 1.807) is 0 Å². The summed E-state index contributed by atoms with van der Waals surface area (Å²) in [5.41, 5.74) is 28.1. The van der Waals surface area contributed by atoms with Gasteiger partial charge < -0.3 is 14.4 Å². The molecule has 3 aliphatic rings. The fourth-order valence-corrected chi connectivity index (χ4v) is 12.8. The molecule has 0 amide bonds. The Balaban J connectivity index is 1.25. The topological polar surface area (TPSA) is 11.4 Å². The predicted octanol–water partition coefficient (Wildman–Crippen LogP) is 17.0. The van der Waals surface area contributed by atoms with Gasteiger partial charge in [0.25, 0.3) is 6.71 Å². The SMILES string of the molecule is Cc1cc(C(C)(C)C)cc(C)c1N1c2cc(C(C)(C)C)ccc2B2c3cc4c5cc(C(C)(C)C)ccc5n(-c5ccccc5)c4cc3N(c3ccc4c(c3)C(C)(C)c3ccccc3-4)c3cc(C(C)(C)C)cc1c32. The highest BCUT2D eigenvalue weighted by Gasteiger charge is 2.46. The molecule has 366 valence electrons. The van der Waals surface area contributed by atoms with Gasteiger partial charge in [-0.3, -0.25) is 0 Å². The van der Waals surface area contributed by atoms with Crippen LogP contribution in [0.2, 0.25) is 0 Å². The van der Waals surface area contributed by atoms with E-state index in [1.165, 1.54) is 134 Å². The average molecular weight is 954 g/mol. The van der Waals surface area contributed by atoms with Crippen LogP contribution in [0.25, 0.3) is 38.6 Å². The van der Waals surface area contributed by atoms with Crippen molar-refractivity contribution < 1.29 is 0 Å². The maximum Gasteiger partial charge on any atom is 0.252 e. The minimum atomic E-state index is -0.168. The summed E-state index contributed by atoms with van der Waals surface area (Å²) in [6.45, 7) is 37.7. The predicted molar refractivity (Wildman–Crippen MR) is 317 cm³/mol. The molecule has 0 saturated carbocycles. The van der Waals surface area contributed by atoms with Gasteiger partial charge in [0.1, 0.15) is 0 Å². The first-order chi connectivity index (χ1) is 34.3. The second kappa shape index (κ2) is 15.6. The van der Waals surface area contributed by atoms with Gasteiger partial charge in [-0.15, -0.1) is 0 Å². The Kier molecular flexibility index (Phi) is 10.1. The van der Waals surface area contributed by atoms with Crippen LogP contribution in [0.3, 0.4) is 0 Å². The fraction of sp³-hybridized carbons (Fsp3) is 0.304. The largest absolute Gasteiger partial charge is 0.311 e. The molecule has 3 heterocycles. The number of hydrogen-bond acceptors (Lipinski definition) is 2. The molecule has 0 bridgehead atoms. The zero-order valence-corrected chi connectivity index (χ0v) is 46.3. The van der Waals surface area contributed by atoms with Gasteiger partial charge >= 0.3 is 0 Å². The Bertz CT molecular complexity index is 3760. The zero-order chi connectivity index (χ0) is 51.6. The van der Waals surface area contributed by atoms with Crippen LogP contribution >= 0.6 is 0 Å². The highest BCUT2D eigenvalue weighted by molar-refractivity contribution is 7.00. The van der Waals surface area contributed by atoms with E-state index in [-0.39, 0.29) is 33.8 Å². The van der Waals surface area contributed by atoms with E-state index in [2.05, 4.69) is 271 Å². The lowest BCUT2D eigenvalue weighted by Crippen LogP contribution is -2.61. The molecule has 0 saturated heterocycles. The summed E-state index contributed by atoms with van der Waals surface area (Å²) < 4.78 is 2.52. The van der Waals surface area contributed by atoms with Gasteiger partial charge in [0.2, 0.25) is 0 Å². The van der Waals surface area contributed by atoms with Crippen molar-refractivity contribution in [3.05, 3.63) is 190 Å². The number of fused-ring (bicyclic) bond motifs is 10. The van der Waals surface area contributed by atoms with E-state index in [9.17, 15) is 0 Å². The first-order valence-corrected chi connectivity index (χ1v) is 26.8. The summed E-state index contributed by atoms with van der Waals surface area (Å²) in [7, 11) is 0. The van der Waals surface area contributed by atoms with Crippen molar-refractivity contribution in [3.8, 4) is 16.8 Å². The van der Waals surface area contributed by atoms with Crippen LogP contribution in [0, 0.1) is 13.8 Å². The lowest BCUT2D eigenvalue weighted by molar-refractivity contribution is 0.588. The zero-order valence-electron chi connectivity index (χ0n) is 46.3. The third-order valence-electron chi connectivity index (χ3n) is 17.0. The normalized spacial score (nSPS) is 14.9. The second-order valence-electron chi connectivity index (χ2n) is 26.5. The summed E-state index contributed by atoms with van der Waals surface area (Å²) >= 11 is 0. The number of hydrogen-bond donors (Lipinski definition) is 0. The molecule has 3 nitrogen and oxygen atoms in total. The molecule has 4 heteroatoms. The molecular formula is C69H72BN3. The van der Waals surface area contributed by atoms with E-state index in [0.29, 0.717) is 0 Å². The van der Waals surface area contributed by atoms with Crippen molar-refractivity contribution in [1.29, 1.82) is 0 Å². The lowest BCUT2D eigenvalue weighted by atomic mass is 9.33. The van der Waals surface area contributed by atoms with E-state index >= 15 is 0 Å². The molecule has 8 aromatic carbocycles. The molecule has 0 atom stereocenters. The molecule has 0 spiro atoms. The van der Waals surface area contributed by atoms with E-state index < -0.39 is 0 Å². The minimum absolute atomic E-state index is 0.0160. The summed E-state index contributed by atoms with van der Waals surface area (Å²) in [6.07, 6.45) is 0. The maximum atomic E-state index is 2.69. The maximum absolute atomic E-state index is 2.69. The number of anilines is 6. The highest BCUT2D eigenvalue weighted by atomic mass is 15.2. The van der Waals surface area contributed by atoms with Crippen molar-refractivity contribution in [2.45, 2.75) is 138 Å². The van der Waals surface area contributed by atoms with Gasteiger partial charge in [0.05, 0.1) is 16.7 Å². The van der Waals surface area contributed by atoms with Crippen molar-refractivity contribution >= 4 is 79.0 Å².